The summed E-state index contributed by atoms with van der Waals surface area (Å²) in [4.78, 5) is 0. The van der Waals surface area contributed by atoms with Crippen LogP contribution >= 0.6 is 0 Å². The van der Waals surface area contributed by atoms with Gasteiger partial charge in [0.05, 0.1) is 7.11 Å². The number of benzene rings is 1. The van der Waals surface area contributed by atoms with Crippen molar-refractivity contribution < 1.29 is 9.13 Å². The van der Waals surface area contributed by atoms with E-state index in [9.17, 15) is 4.39 Å². The molecular formula is C17H28FNO. The third-order valence-corrected chi connectivity index (χ3v) is 3.76. The Morgan fingerprint density at radius 3 is 2.35 bits per heavy atom. The molecule has 0 heterocycles. The van der Waals surface area contributed by atoms with Crippen LogP contribution in [0.5, 0.6) is 5.75 Å². The standard InChI is InChI=1S/C17H28FNO/c1-12(2)10-19-11-14(4)13(3)8-15-6-7-17(20-5)16(18)9-15/h6-7,9,12-14,19H,8,10-11H2,1-5H3. The number of ether oxygens (including phenoxy) is 1. The minimum absolute atomic E-state index is 0.275. The number of rotatable bonds is 8. The summed E-state index contributed by atoms with van der Waals surface area (Å²) >= 11 is 0. The van der Waals surface area contributed by atoms with Crippen molar-refractivity contribution in [1.82, 2.24) is 5.32 Å². The predicted molar refractivity (Wildman–Crippen MR) is 82.7 cm³/mol. The third kappa shape index (κ3) is 5.49. The van der Waals surface area contributed by atoms with E-state index in [1.54, 1.807) is 12.1 Å². The Labute approximate surface area is 122 Å². The van der Waals surface area contributed by atoms with Gasteiger partial charge in [0.2, 0.25) is 0 Å². The zero-order valence-corrected chi connectivity index (χ0v) is 13.4. The van der Waals surface area contributed by atoms with Crippen LogP contribution < -0.4 is 10.1 Å². The second-order valence-electron chi connectivity index (χ2n) is 6.18. The summed E-state index contributed by atoms with van der Waals surface area (Å²) in [6, 6.07) is 5.25. The highest BCUT2D eigenvalue weighted by Gasteiger charge is 2.14. The van der Waals surface area contributed by atoms with Gasteiger partial charge in [-0.15, -0.1) is 0 Å². The molecule has 1 rings (SSSR count). The monoisotopic (exact) mass is 281 g/mol. The first kappa shape index (κ1) is 17.0. The Morgan fingerprint density at radius 1 is 1.10 bits per heavy atom. The van der Waals surface area contributed by atoms with Crippen molar-refractivity contribution in [2.24, 2.45) is 17.8 Å². The summed E-state index contributed by atoms with van der Waals surface area (Å²) in [5.41, 5.74) is 1.03. The van der Waals surface area contributed by atoms with E-state index in [1.807, 2.05) is 6.07 Å². The quantitative estimate of drug-likeness (QED) is 0.780. The molecule has 0 saturated carbocycles. The molecule has 2 atom stereocenters. The highest BCUT2D eigenvalue weighted by atomic mass is 19.1. The molecule has 0 aliphatic carbocycles. The highest BCUT2D eigenvalue weighted by molar-refractivity contribution is 5.29. The van der Waals surface area contributed by atoms with E-state index in [2.05, 4.69) is 33.0 Å². The van der Waals surface area contributed by atoms with Gasteiger partial charge in [-0.2, -0.15) is 0 Å². The Bertz CT molecular complexity index is 406. The van der Waals surface area contributed by atoms with Gasteiger partial charge in [0.15, 0.2) is 11.6 Å². The van der Waals surface area contributed by atoms with Gasteiger partial charge in [0, 0.05) is 0 Å². The zero-order valence-electron chi connectivity index (χ0n) is 13.4. The van der Waals surface area contributed by atoms with Gasteiger partial charge >= 0.3 is 0 Å². The zero-order chi connectivity index (χ0) is 15.1. The predicted octanol–water partition coefficient (Wildman–Crippen LogP) is 3.89. The van der Waals surface area contributed by atoms with E-state index in [4.69, 9.17) is 4.74 Å². The fraction of sp³-hybridized carbons (Fsp3) is 0.647. The fourth-order valence-corrected chi connectivity index (χ4v) is 2.21. The van der Waals surface area contributed by atoms with E-state index >= 15 is 0 Å². The molecule has 0 bridgehead atoms. The van der Waals surface area contributed by atoms with Crippen molar-refractivity contribution in [3.05, 3.63) is 29.6 Å². The number of hydrogen-bond donors (Lipinski definition) is 1. The van der Waals surface area contributed by atoms with Crippen LogP contribution in [0.25, 0.3) is 0 Å². The minimum Gasteiger partial charge on any atom is -0.494 e. The van der Waals surface area contributed by atoms with Crippen molar-refractivity contribution in [3.8, 4) is 5.75 Å². The SMILES string of the molecule is COc1ccc(CC(C)C(C)CNCC(C)C)cc1F. The van der Waals surface area contributed by atoms with Gasteiger partial charge in [0.25, 0.3) is 0 Å². The lowest BCUT2D eigenvalue weighted by Gasteiger charge is -2.21. The molecule has 0 aromatic heterocycles. The Morgan fingerprint density at radius 2 is 1.80 bits per heavy atom. The van der Waals surface area contributed by atoms with Gasteiger partial charge in [0.1, 0.15) is 0 Å². The van der Waals surface area contributed by atoms with Gasteiger partial charge in [-0.3, -0.25) is 0 Å². The molecule has 1 N–H and O–H groups in total. The van der Waals surface area contributed by atoms with Crippen LogP contribution in [0.4, 0.5) is 4.39 Å². The van der Waals surface area contributed by atoms with E-state index < -0.39 is 0 Å². The number of hydrogen-bond acceptors (Lipinski definition) is 2. The second kappa shape index (κ2) is 8.25. The molecule has 1 aromatic carbocycles. The number of nitrogens with one attached hydrogen (secondary N) is 1. The lowest BCUT2D eigenvalue weighted by molar-refractivity contribution is 0.356. The minimum atomic E-state index is -0.275. The van der Waals surface area contributed by atoms with Crippen LogP contribution in [0, 0.1) is 23.6 Å². The fourth-order valence-electron chi connectivity index (χ4n) is 2.21. The van der Waals surface area contributed by atoms with Crippen LogP contribution in [0.2, 0.25) is 0 Å². The first-order chi connectivity index (χ1) is 9.43. The van der Waals surface area contributed by atoms with E-state index in [0.29, 0.717) is 23.5 Å². The van der Waals surface area contributed by atoms with E-state index in [-0.39, 0.29) is 5.82 Å². The van der Waals surface area contributed by atoms with Gasteiger partial charge in [-0.05, 0) is 55.0 Å². The number of methoxy groups -OCH3 is 1. The molecule has 0 aliphatic rings. The average molecular weight is 281 g/mol. The van der Waals surface area contributed by atoms with Crippen molar-refractivity contribution in [2.75, 3.05) is 20.2 Å². The Kier molecular flexibility index (Phi) is 7.00. The molecule has 0 spiro atoms. The number of halogens is 1. The van der Waals surface area contributed by atoms with E-state index in [1.165, 1.54) is 7.11 Å². The molecule has 20 heavy (non-hydrogen) atoms. The lowest BCUT2D eigenvalue weighted by atomic mass is 9.89. The maximum Gasteiger partial charge on any atom is 0.165 e. The topological polar surface area (TPSA) is 21.3 Å². The van der Waals surface area contributed by atoms with Crippen molar-refractivity contribution in [1.29, 1.82) is 0 Å². The second-order valence-corrected chi connectivity index (χ2v) is 6.18. The first-order valence-corrected chi connectivity index (χ1v) is 7.47. The molecule has 0 saturated heterocycles. The lowest BCUT2D eigenvalue weighted by Crippen LogP contribution is -2.28. The summed E-state index contributed by atoms with van der Waals surface area (Å²) in [5.74, 6) is 1.80. The van der Waals surface area contributed by atoms with Crippen molar-refractivity contribution in [2.45, 2.75) is 34.1 Å². The normalized spacial score (nSPS) is 14.3. The molecule has 0 fully saturated rings. The van der Waals surface area contributed by atoms with Crippen LogP contribution in [0.1, 0.15) is 33.3 Å². The average Bonchev–Trinajstić information content (AvgIpc) is 2.38. The summed E-state index contributed by atoms with van der Waals surface area (Å²) in [6.45, 7) is 11.0. The largest absolute Gasteiger partial charge is 0.494 e. The summed E-state index contributed by atoms with van der Waals surface area (Å²) in [5, 5.41) is 3.49. The van der Waals surface area contributed by atoms with Crippen LogP contribution in [0.15, 0.2) is 18.2 Å². The first-order valence-electron chi connectivity index (χ1n) is 7.47. The van der Waals surface area contributed by atoms with Gasteiger partial charge in [-0.1, -0.05) is 33.8 Å². The van der Waals surface area contributed by atoms with E-state index in [0.717, 1.165) is 25.1 Å². The summed E-state index contributed by atoms with van der Waals surface area (Å²) in [6.07, 6.45) is 0.894. The van der Waals surface area contributed by atoms with Crippen LogP contribution in [0.3, 0.4) is 0 Å². The van der Waals surface area contributed by atoms with Gasteiger partial charge < -0.3 is 10.1 Å². The van der Waals surface area contributed by atoms with Crippen LogP contribution in [-0.4, -0.2) is 20.2 Å². The van der Waals surface area contributed by atoms with Crippen molar-refractivity contribution >= 4 is 0 Å². The molecule has 2 nitrogen and oxygen atoms in total. The summed E-state index contributed by atoms with van der Waals surface area (Å²) in [7, 11) is 1.49. The Hall–Kier alpha value is -1.09. The third-order valence-electron chi connectivity index (χ3n) is 3.76. The van der Waals surface area contributed by atoms with Crippen molar-refractivity contribution in [3.63, 3.8) is 0 Å². The van der Waals surface area contributed by atoms with Crippen LogP contribution in [-0.2, 0) is 6.42 Å². The molecule has 0 aliphatic heterocycles. The summed E-state index contributed by atoms with van der Waals surface area (Å²) < 4.78 is 18.6. The molecule has 0 radical (unpaired) electrons. The molecule has 3 heteroatoms. The molecule has 2 unspecified atom stereocenters. The van der Waals surface area contributed by atoms with Gasteiger partial charge in [-0.25, -0.2) is 4.39 Å². The molecular weight excluding hydrogens is 253 g/mol. The Balaban J connectivity index is 2.48. The molecule has 1 aromatic rings. The maximum atomic E-state index is 13.7. The maximum absolute atomic E-state index is 13.7. The molecule has 0 amide bonds. The molecule has 114 valence electrons. The highest BCUT2D eigenvalue weighted by Crippen LogP contribution is 2.22. The smallest absolute Gasteiger partial charge is 0.165 e.